The molecule has 1 unspecified atom stereocenters. The van der Waals surface area contributed by atoms with Crippen molar-refractivity contribution in [1.82, 2.24) is 5.32 Å². The van der Waals surface area contributed by atoms with Crippen molar-refractivity contribution in [1.29, 1.82) is 0 Å². The van der Waals surface area contributed by atoms with Gasteiger partial charge in [0.15, 0.2) is 0 Å². The molecule has 1 amide bonds. The van der Waals surface area contributed by atoms with E-state index in [2.05, 4.69) is 5.32 Å². The fourth-order valence-electron chi connectivity index (χ4n) is 2.75. The van der Waals surface area contributed by atoms with Crippen LogP contribution in [-0.4, -0.2) is 36.1 Å². The van der Waals surface area contributed by atoms with Gasteiger partial charge >= 0.3 is 11.9 Å². The number of halogens is 1. The summed E-state index contributed by atoms with van der Waals surface area (Å²) >= 11 is 5.86. The molecule has 1 aromatic carbocycles. The zero-order chi connectivity index (χ0) is 20.6. The van der Waals surface area contributed by atoms with Crippen LogP contribution in [0.2, 0.25) is 5.02 Å². The van der Waals surface area contributed by atoms with E-state index in [4.69, 9.17) is 21.4 Å². The summed E-state index contributed by atoms with van der Waals surface area (Å²) in [5.41, 5.74) is 0.510. The number of carboxylic acid groups (broad SMARTS) is 1. The zero-order valence-electron chi connectivity index (χ0n) is 16.3. The van der Waals surface area contributed by atoms with E-state index < -0.39 is 35.2 Å². The largest absolute Gasteiger partial charge is 0.481 e. The molecule has 2 atom stereocenters. The van der Waals surface area contributed by atoms with Crippen LogP contribution in [0.25, 0.3) is 0 Å². The first-order chi connectivity index (χ1) is 12.5. The predicted octanol–water partition coefficient (Wildman–Crippen LogP) is 3.46. The first kappa shape index (κ1) is 23.0. The van der Waals surface area contributed by atoms with Crippen molar-refractivity contribution < 1.29 is 24.2 Å². The number of ether oxygens (including phenoxy) is 1. The zero-order valence-corrected chi connectivity index (χ0v) is 17.0. The number of amides is 1. The number of esters is 1. The lowest BCUT2D eigenvalue weighted by Gasteiger charge is -2.30. The van der Waals surface area contributed by atoms with Crippen molar-refractivity contribution in [3.05, 3.63) is 34.9 Å². The Morgan fingerprint density at radius 3 is 2.26 bits per heavy atom. The molecule has 27 heavy (non-hydrogen) atoms. The van der Waals surface area contributed by atoms with Gasteiger partial charge in [-0.3, -0.25) is 9.59 Å². The molecule has 150 valence electrons. The standard InChI is InChI=1S/C20H28ClNO5/c1-20(2,3)17(19(26)27-4)22-18(25)14(12-16(23)24)7-5-6-13-8-10-15(21)11-9-13/h8-11,14,17H,5-7,12H2,1-4H3,(H,22,25)(H,23,24)/t14?,17-/m1/s1. The smallest absolute Gasteiger partial charge is 0.328 e. The number of methoxy groups -OCH3 is 1. The molecule has 0 aliphatic carbocycles. The molecule has 0 aromatic heterocycles. The number of benzene rings is 1. The average molecular weight is 398 g/mol. The Kier molecular flexibility index (Phi) is 8.76. The minimum Gasteiger partial charge on any atom is -0.481 e. The number of carboxylic acids is 1. The summed E-state index contributed by atoms with van der Waals surface area (Å²) in [5.74, 6) is -2.76. The summed E-state index contributed by atoms with van der Waals surface area (Å²) in [4.78, 5) is 35.8. The summed E-state index contributed by atoms with van der Waals surface area (Å²) in [5, 5.41) is 12.5. The molecule has 0 aliphatic heterocycles. The minimum atomic E-state index is -1.05. The first-order valence-electron chi connectivity index (χ1n) is 8.89. The SMILES string of the molecule is COC(=O)[C@@H](NC(=O)C(CCCc1ccc(Cl)cc1)CC(=O)O)C(C)(C)C. The van der Waals surface area contributed by atoms with Gasteiger partial charge in [-0.2, -0.15) is 0 Å². The van der Waals surface area contributed by atoms with Crippen molar-refractivity contribution >= 4 is 29.4 Å². The predicted molar refractivity (Wildman–Crippen MR) is 104 cm³/mol. The van der Waals surface area contributed by atoms with Gasteiger partial charge in [-0.25, -0.2) is 4.79 Å². The van der Waals surface area contributed by atoms with Crippen LogP contribution < -0.4 is 5.32 Å². The van der Waals surface area contributed by atoms with Gasteiger partial charge in [-0.05, 0) is 42.4 Å². The summed E-state index contributed by atoms with van der Waals surface area (Å²) in [6.45, 7) is 5.42. The van der Waals surface area contributed by atoms with E-state index >= 15 is 0 Å². The molecule has 0 bridgehead atoms. The Morgan fingerprint density at radius 2 is 1.78 bits per heavy atom. The maximum absolute atomic E-state index is 12.6. The van der Waals surface area contributed by atoms with Gasteiger partial charge in [-0.1, -0.05) is 44.5 Å². The van der Waals surface area contributed by atoms with Crippen LogP contribution in [0.4, 0.5) is 0 Å². The van der Waals surface area contributed by atoms with E-state index in [1.165, 1.54) is 7.11 Å². The van der Waals surface area contributed by atoms with Gasteiger partial charge in [0, 0.05) is 10.9 Å². The van der Waals surface area contributed by atoms with E-state index in [0.717, 1.165) is 5.56 Å². The highest BCUT2D eigenvalue weighted by molar-refractivity contribution is 6.30. The highest BCUT2D eigenvalue weighted by Gasteiger charge is 2.35. The van der Waals surface area contributed by atoms with E-state index in [1.807, 2.05) is 32.9 Å². The van der Waals surface area contributed by atoms with Crippen LogP contribution in [0.3, 0.4) is 0 Å². The second kappa shape index (κ2) is 10.3. The Morgan fingerprint density at radius 1 is 1.19 bits per heavy atom. The van der Waals surface area contributed by atoms with Crippen molar-refractivity contribution in [2.75, 3.05) is 7.11 Å². The fraction of sp³-hybridized carbons (Fsp3) is 0.550. The van der Waals surface area contributed by atoms with Gasteiger partial charge in [0.2, 0.25) is 5.91 Å². The summed E-state index contributed by atoms with van der Waals surface area (Å²) in [6, 6.07) is 6.55. The molecule has 0 saturated heterocycles. The molecule has 0 heterocycles. The van der Waals surface area contributed by atoms with E-state index in [9.17, 15) is 14.4 Å². The summed E-state index contributed by atoms with van der Waals surface area (Å²) < 4.78 is 4.77. The van der Waals surface area contributed by atoms with Crippen LogP contribution >= 0.6 is 11.6 Å². The van der Waals surface area contributed by atoms with Gasteiger partial charge in [0.1, 0.15) is 6.04 Å². The first-order valence-corrected chi connectivity index (χ1v) is 9.26. The Balaban J connectivity index is 2.75. The third-order valence-corrected chi connectivity index (χ3v) is 4.56. The van der Waals surface area contributed by atoms with Crippen LogP contribution in [-0.2, 0) is 25.5 Å². The van der Waals surface area contributed by atoms with Crippen LogP contribution in [0.5, 0.6) is 0 Å². The van der Waals surface area contributed by atoms with Crippen LogP contribution in [0.1, 0.15) is 45.6 Å². The molecule has 1 rings (SSSR count). The number of nitrogens with one attached hydrogen (secondary N) is 1. The van der Waals surface area contributed by atoms with Gasteiger partial charge in [0.25, 0.3) is 0 Å². The van der Waals surface area contributed by atoms with Crippen LogP contribution in [0, 0.1) is 11.3 Å². The number of rotatable bonds is 9. The number of hydrogen-bond donors (Lipinski definition) is 2. The number of carbonyl (C=O) groups excluding carboxylic acids is 2. The van der Waals surface area contributed by atoms with Crippen molar-refractivity contribution in [3.63, 3.8) is 0 Å². The van der Waals surface area contributed by atoms with Gasteiger partial charge in [-0.15, -0.1) is 0 Å². The maximum atomic E-state index is 12.6. The Hall–Kier alpha value is -2.08. The third-order valence-electron chi connectivity index (χ3n) is 4.31. The molecule has 0 radical (unpaired) electrons. The summed E-state index contributed by atoms with van der Waals surface area (Å²) in [6.07, 6.45) is 1.47. The monoisotopic (exact) mass is 397 g/mol. The Labute approximate surface area is 165 Å². The number of aryl methyl sites for hydroxylation is 1. The quantitative estimate of drug-likeness (QED) is 0.622. The second-order valence-corrected chi connectivity index (χ2v) is 8.08. The molecule has 1 aromatic rings. The summed E-state index contributed by atoms with van der Waals surface area (Å²) in [7, 11) is 1.26. The van der Waals surface area contributed by atoms with E-state index in [0.29, 0.717) is 24.3 Å². The van der Waals surface area contributed by atoms with Gasteiger partial charge < -0.3 is 15.2 Å². The van der Waals surface area contributed by atoms with E-state index in [-0.39, 0.29) is 6.42 Å². The highest BCUT2D eigenvalue weighted by Crippen LogP contribution is 2.22. The Bertz CT molecular complexity index is 651. The molecule has 0 aliphatic rings. The maximum Gasteiger partial charge on any atom is 0.328 e. The third kappa shape index (κ3) is 7.99. The molecule has 6 nitrogen and oxygen atoms in total. The highest BCUT2D eigenvalue weighted by atomic mass is 35.5. The van der Waals surface area contributed by atoms with Gasteiger partial charge in [0.05, 0.1) is 13.5 Å². The number of aliphatic carboxylic acids is 1. The number of carbonyl (C=O) groups is 3. The molecule has 0 fully saturated rings. The molecule has 7 heteroatoms. The minimum absolute atomic E-state index is 0.287. The lowest BCUT2D eigenvalue weighted by molar-refractivity contribution is -0.149. The molecule has 0 saturated carbocycles. The molecule has 0 spiro atoms. The normalized spacial score (nSPS) is 13.5. The topological polar surface area (TPSA) is 92.7 Å². The lowest BCUT2D eigenvalue weighted by Crippen LogP contribution is -2.51. The molecular formula is C20H28ClNO5. The average Bonchev–Trinajstić information content (AvgIpc) is 2.58. The fourth-order valence-corrected chi connectivity index (χ4v) is 2.87. The number of hydrogen-bond acceptors (Lipinski definition) is 4. The van der Waals surface area contributed by atoms with E-state index in [1.54, 1.807) is 12.1 Å². The van der Waals surface area contributed by atoms with Crippen molar-refractivity contribution in [2.24, 2.45) is 11.3 Å². The lowest BCUT2D eigenvalue weighted by atomic mass is 9.86. The van der Waals surface area contributed by atoms with Crippen molar-refractivity contribution in [3.8, 4) is 0 Å². The molecule has 2 N–H and O–H groups in total. The molecular weight excluding hydrogens is 370 g/mol. The second-order valence-electron chi connectivity index (χ2n) is 7.64. The van der Waals surface area contributed by atoms with Crippen LogP contribution in [0.15, 0.2) is 24.3 Å². The van der Waals surface area contributed by atoms with Crippen molar-refractivity contribution in [2.45, 2.75) is 52.5 Å².